The molecule has 0 unspecified atom stereocenters. The van der Waals surface area contributed by atoms with Gasteiger partial charge in [-0.1, -0.05) is 31.4 Å². The lowest BCUT2D eigenvalue weighted by Gasteiger charge is -2.21. The second-order valence-electron chi connectivity index (χ2n) is 7.33. The van der Waals surface area contributed by atoms with Gasteiger partial charge in [-0.2, -0.15) is 0 Å². The van der Waals surface area contributed by atoms with Crippen molar-refractivity contribution in [1.82, 2.24) is 16.0 Å². The molecular weight excluding hydrogens is 371 g/mol. The van der Waals surface area contributed by atoms with Crippen LogP contribution in [0.3, 0.4) is 0 Å². The Morgan fingerprint density at radius 1 is 1.17 bits per heavy atom. The van der Waals surface area contributed by atoms with E-state index in [2.05, 4.69) is 20.9 Å². The quantitative estimate of drug-likeness (QED) is 0.300. The van der Waals surface area contributed by atoms with Gasteiger partial charge in [0.1, 0.15) is 5.82 Å². The number of ether oxygens (including phenoxy) is 1. The molecule has 6 nitrogen and oxygen atoms in total. The first kappa shape index (κ1) is 23.1. The summed E-state index contributed by atoms with van der Waals surface area (Å²) in [5.74, 6) is 0.288. The van der Waals surface area contributed by atoms with Crippen LogP contribution in [0.2, 0.25) is 0 Å². The molecule has 1 aliphatic carbocycles. The average molecular weight is 407 g/mol. The fourth-order valence-electron chi connectivity index (χ4n) is 3.36. The predicted octanol–water partition coefficient (Wildman–Crippen LogP) is 2.78. The molecule has 0 saturated heterocycles. The van der Waals surface area contributed by atoms with Crippen LogP contribution in [0, 0.1) is 5.82 Å². The molecule has 0 spiro atoms. The fraction of sp³-hybridized carbons (Fsp3) is 0.636. The van der Waals surface area contributed by atoms with Crippen LogP contribution in [0.1, 0.15) is 51.0 Å². The molecule has 0 heterocycles. The standard InChI is InChI=1S/C22H35FN4O2/c1-2-24-22(26-12-7-15-29-20-10-4-3-5-11-20)27-14-13-25-21(28)17-18-8-6-9-19(23)16-18/h6,8-9,16,20H,2-5,7,10-15,17H2,1H3,(H,25,28)(H2,24,26,27). The molecule has 162 valence electrons. The highest BCUT2D eigenvalue weighted by atomic mass is 19.1. The number of halogens is 1. The van der Waals surface area contributed by atoms with E-state index >= 15 is 0 Å². The lowest BCUT2D eigenvalue weighted by molar-refractivity contribution is -0.120. The summed E-state index contributed by atoms with van der Waals surface area (Å²) in [6, 6.07) is 6.11. The van der Waals surface area contributed by atoms with Crippen molar-refractivity contribution in [3.63, 3.8) is 0 Å². The van der Waals surface area contributed by atoms with E-state index in [0.29, 0.717) is 31.3 Å². The van der Waals surface area contributed by atoms with Gasteiger partial charge < -0.3 is 20.7 Å². The van der Waals surface area contributed by atoms with E-state index < -0.39 is 0 Å². The highest BCUT2D eigenvalue weighted by Crippen LogP contribution is 2.20. The van der Waals surface area contributed by atoms with Crippen LogP contribution >= 0.6 is 0 Å². The number of rotatable bonds is 11. The van der Waals surface area contributed by atoms with Gasteiger partial charge >= 0.3 is 0 Å². The lowest BCUT2D eigenvalue weighted by atomic mass is 9.98. The molecule has 1 saturated carbocycles. The van der Waals surface area contributed by atoms with Crippen molar-refractivity contribution < 1.29 is 13.9 Å². The molecule has 0 atom stereocenters. The van der Waals surface area contributed by atoms with Crippen molar-refractivity contribution in [2.24, 2.45) is 4.99 Å². The molecule has 1 aliphatic rings. The van der Waals surface area contributed by atoms with Crippen molar-refractivity contribution in [2.75, 3.05) is 32.8 Å². The monoisotopic (exact) mass is 406 g/mol. The number of hydrogen-bond donors (Lipinski definition) is 3. The van der Waals surface area contributed by atoms with E-state index in [1.54, 1.807) is 12.1 Å². The number of carbonyl (C=O) groups excluding carboxylic acids is 1. The van der Waals surface area contributed by atoms with Gasteiger partial charge in [-0.25, -0.2) is 4.39 Å². The van der Waals surface area contributed by atoms with Crippen LogP contribution in [0.4, 0.5) is 4.39 Å². The Hall–Kier alpha value is -2.15. The largest absolute Gasteiger partial charge is 0.378 e. The summed E-state index contributed by atoms with van der Waals surface area (Å²) < 4.78 is 19.1. The average Bonchev–Trinajstić information content (AvgIpc) is 2.71. The van der Waals surface area contributed by atoms with Crippen molar-refractivity contribution in [3.8, 4) is 0 Å². The molecule has 7 heteroatoms. The van der Waals surface area contributed by atoms with Crippen molar-refractivity contribution >= 4 is 11.9 Å². The molecule has 0 aliphatic heterocycles. The minimum Gasteiger partial charge on any atom is -0.378 e. The normalized spacial score (nSPS) is 15.2. The Morgan fingerprint density at radius 2 is 1.97 bits per heavy atom. The van der Waals surface area contributed by atoms with Gasteiger partial charge in [0.2, 0.25) is 5.91 Å². The first-order valence-electron chi connectivity index (χ1n) is 10.8. The minimum absolute atomic E-state index is 0.126. The summed E-state index contributed by atoms with van der Waals surface area (Å²) in [5.41, 5.74) is 0.667. The van der Waals surface area contributed by atoms with E-state index in [-0.39, 0.29) is 18.1 Å². The Bertz CT molecular complexity index is 633. The highest BCUT2D eigenvalue weighted by molar-refractivity contribution is 5.80. The van der Waals surface area contributed by atoms with Gasteiger partial charge in [-0.05, 0) is 43.9 Å². The molecule has 0 aromatic heterocycles. The molecule has 1 aromatic carbocycles. The molecular formula is C22H35FN4O2. The highest BCUT2D eigenvalue weighted by Gasteiger charge is 2.12. The number of nitrogens with zero attached hydrogens (tertiary/aromatic N) is 1. The van der Waals surface area contributed by atoms with E-state index in [0.717, 1.165) is 25.5 Å². The second-order valence-corrected chi connectivity index (χ2v) is 7.33. The third-order valence-corrected chi connectivity index (χ3v) is 4.82. The zero-order valence-corrected chi connectivity index (χ0v) is 17.5. The molecule has 2 rings (SSSR count). The van der Waals surface area contributed by atoms with Crippen LogP contribution < -0.4 is 16.0 Å². The molecule has 1 fully saturated rings. The zero-order chi connectivity index (χ0) is 20.7. The third kappa shape index (κ3) is 10.3. The van der Waals surface area contributed by atoms with Crippen LogP contribution in [-0.4, -0.2) is 50.8 Å². The van der Waals surface area contributed by atoms with Crippen LogP contribution in [0.25, 0.3) is 0 Å². The van der Waals surface area contributed by atoms with Gasteiger partial charge in [-0.3, -0.25) is 9.79 Å². The number of benzene rings is 1. The van der Waals surface area contributed by atoms with Gasteiger partial charge in [0.15, 0.2) is 5.96 Å². The van der Waals surface area contributed by atoms with Crippen LogP contribution in [-0.2, 0) is 16.0 Å². The lowest BCUT2D eigenvalue weighted by Crippen LogP contribution is -2.41. The maximum atomic E-state index is 13.2. The van der Waals surface area contributed by atoms with Crippen molar-refractivity contribution in [2.45, 2.75) is 58.0 Å². The van der Waals surface area contributed by atoms with E-state index in [1.165, 1.54) is 44.2 Å². The Balaban J connectivity index is 1.58. The summed E-state index contributed by atoms with van der Waals surface area (Å²) in [6.07, 6.45) is 7.82. The SMILES string of the molecule is CCNC(=NCCCOC1CCCCC1)NCCNC(=O)Cc1cccc(F)c1. The first-order valence-corrected chi connectivity index (χ1v) is 10.8. The first-order chi connectivity index (χ1) is 14.2. The van der Waals surface area contributed by atoms with Crippen LogP contribution in [0.15, 0.2) is 29.3 Å². The Morgan fingerprint density at radius 3 is 2.72 bits per heavy atom. The summed E-state index contributed by atoms with van der Waals surface area (Å²) >= 11 is 0. The second kappa shape index (κ2) is 13.9. The Labute approximate surface area is 173 Å². The molecule has 0 radical (unpaired) electrons. The maximum Gasteiger partial charge on any atom is 0.224 e. The zero-order valence-electron chi connectivity index (χ0n) is 17.5. The topological polar surface area (TPSA) is 74.8 Å². The van der Waals surface area contributed by atoms with Gasteiger partial charge in [-0.15, -0.1) is 0 Å². The van der Waals surface area contributed by atoms with Gasteiger partial charge in [0.25, 0.3) is 0 Å². The van der Waals surface area contributed by atoms with Crippen molar-refractivity contribution in [1.29, 1.82) is 0 Å². The number of carbonyl (C=O) groups is 1. The van der Waals surface area contributed by atoms with Crippen molar-refractivity contribution in [3.05, 3.63) is 35.6 Å². The molecule has 3 N–H and O–H groups in total. The van der Waals surface area contributed by atoms with Gasteiger partial charge in [0, 0.05) is 32.8 Å². The smallest absolute Gasteiger partial charge is 0.224 e. The molecule has 1 amide bonds. The van der Waals surface area contributed by atoms with E-state index in [1.807, 2.05) is 6.92 Å². The maximum absolute atomic E-state index is 13.2. The summed E-state index contributed by atoms with van der Waals surface area (Å²) in [7, 11) is 0. The number of nitrogens with one attached hydrogen (secondary N) is 3. The Kier molecular flexibility index (Phi) is 11.1. The van der Waals surface area contributed by atoms with Crippen LogP contribution in [0.5, 0.6) is 0 Å². The molecule has 1 aromatic rings. The van der Waals surface area contributed by atoms with E-state index in [4.69, 9.17) is 4.74 Å². The predicted molar refractivity (Wildman–Crippen MR) is 115 cm³/mol. The number of hydrogen-bond acceptors (Lipinski definition) is 3. The molecule has 0 bridgehead atoms. The number of guanidine groups is 1. The fourth-order valence-corrected chi connectivity index (χ4v) is 3.36. The van der Waals surface area contributed by atoms with E-state index in [9.17, 15) is 9.18 Å². The number of aliphatic imine (C=N–C) groups is 1. The summed E-state index contributed by atoms with van der Waals surface area (Å²) in [5, 5.41) is 9.25. The number of amides is 1. The van der Waals surface area contributed by atoms with Gasteiger partial charge in [0.05, 0.1) is 12.5 Å². The summed E-state index contributed by atoms with van der Waals surface area (Å²) in [6.45, 7) is 5.29. The third-order valence-electron chi connectivity index (χ3n) is 4.82. The minimum atomic E-state index is -0.326. The molecule has 29 heavy (non-hydrogen) atoms. The summed E-state index contributed by atoms with van der Waals surface area (Å²) in [4.78, 5) is 16.5.